The summed E-state index contributed by atoms with van der Waals surface area (Å²) in [6.07, 6.45) is 5.89. The van der Waals surface area contributed by atoms with Gasteiger partial charge in [0.25, 0.3) is 0 Å². The van der Waals surface area contributed by atoms with Crippen LogP contribution in [0.2, 0.25) is 0 Å². The summed E-state index contributed by atoms with van der Waals surface area (Å²) < 4.78 is 5.57. The highest BCUT2D eigenvalue weighted by Crippen LogP contribution is 2.37. The van der Waals surface area contributed by atoms with Gasteiger partial charge in [-0.2, -0.15) is 5.26 Å². The van der Waals surface area contributed by atoms with E-state index in [-0.39, 0.29) is 5.91 Å². The molecule has 0 aliphatic heterocycles. The van der Waals surface area contributed by atoms with Gasteiger partial charge in [0.1, 0.15) is 22.6 Å². The van der Waals surface area contributed by atoms with Crippen molar-refractivity contribution < 1.29 is 9.21 Å². The van der Waals surface area contributed by atoms with Crippen LogP contribution in [0.1, 0.15) is 53.2 Å². The zero-order valence-electron chi connectivity index (χ0n) is 15.4. The molecule has 1 amide bonds. The van der Waals surface area contributed by atoms with Crippen LogP contribution in [0, 0.1) is 18.3 Å². The Bertz CT molecular complexity index is 816. The second-order valence-electron chi connectivity index (χ2n) is 6.93. The van der Waals surface area contributed by atoms with Crippen LogP contribution in [0.25, 0.3) is 0 Å². The van der Waals surface area contributed by atoms with Gasteiger partial charge < -0.3 is 9.73 Å². The smallest absolute Gasteiger partial charge is 0.226 e. The third kappa shape index (κ3) is 4.54. The second kappa shape index (κ2) is 8.52. The summed E-state index contributed by atoms with van der Waals surface area (Å²) in [5.41, 5.74) is 1.84. The average Bonchev–Trinajstić information content (AvgIpc) is 3.07. The van der Waals surface area contributed by atoms with Crippen molar-refractivity contribution >= 4 is 22.2 Å². The van der Waals surface area contributed by atoms with Crippen LogP contribution in [-0.2, 0) is 24.2 Å². The van der Waals surface area contributed by atoms with Crippen LogP contribution in [0.4, 0.5) is 5.00 Å². The summed E-state index contributed by atoms with van der Waals surface area (Å²) in [5, 5.41) is 13.2. The molecule has 1 aliphatic rings. The highest BCUT2D eigenvalue weighted by molar-refractivity contribution is 7.16. The van der Waals surface area contributed by atoms with Crippen LogP contribution in [-0.4, -0.2) is 24.4 Å². The molecule has 2 heterocycles. The number of rotatable bonds is 6. The number of nitrogens with one attached hydrogen (secondary N) is 1. The molecule has 26 heavy (non-hydrogen) atoms. The number of carbonyl (C=O) groups excluding carboxylic acids is 1. The number of nitriles is 1. The largest absolute Gasteiger partial charge is 0.465 e. The van der Waals surface area contributed by atoms with Crippen LogP contribution in [0.5, 0.6) is 0 Å². The molecule has 0 bridgehead atoms. The number of hydrogen-bond donors (Lipinski definition) is 1. The van der Waals surface area contributed by atoms with E-state index in [1.54, 1.807) is 11.3 Å². The Labute approximate surface area is 158 Å². The predicted molar refractivity (Wildman–Crippen MR) is 103 cm³/mol. The van der Waals surface area contributed by atoms with Crippen molar-refractivity contribution in [1.82, 2.24) is 4.90 Å². The van der Waals surface area contributed by atoms with Crippen molar-refractivity contribution in [3.63, 3.8) is 0 Å². The molecule has 0 saturated carbocycles. The lowest BCUT2D eigenvalue weighted by Crippen LogP contribution is -2.23. The van der Waals surface area contributed by atoms with E-state index in [9.17, 15) is 10.1 Å². The minimum Gasteiger partial charge on any atom is -0.465 e. The topological polar surface area (TPSA) is 69.3 Å². The normalized spacial score (nSPS) is 13.9. The molecule has 0 atom stereocenters. The van der Waals surface area contributed by atoms with Crippen LogP contribution >= 0.6 is 11.3 Å². The molecule has 0 saturated heterocycles. The van der Waals surface area contributed by atoms with Gasteiger partial charge in [-0.3, -0.25) is 9.69 Å². The van der Waals surface area contributed by atoms with E-state index >= 15 is 0 Å². The molecule has 0 spiro atoms. The van der Waals surface area contributed by atoms with Crippen LogP contribution in [0.3, 0.4) is 0 Å². The number of carbonyl (C=O) groups is 1. The molecule has 0 fully saturated rings. The standard InChI is InChI=1S/C20H25N3O2S/c1-14-8-9-15(25-14)13-23(2)11-10-19(24)22-20-17(12-21)16-6-4-3-5-7-18(16)26-20/h8-9H,3-7,10-11,13H2,1-2H3,(H,22,24). The summed E-state index contributed by atoms with van der Waals surface area (Å²) >= 11 is 1.58. The van der Waals surface area contributed by atoms with E-state index in [4.69, 9.17) is 4.42 Å². The van der Waals surface area contributed by atoms with Gasteiger partial charge in [0.05, 0.1) is 12.1 Å². The molecule has 6 heteroatoms. The van der Waals surface area contributed by atoms with Crippen molar-refractivity contribution in [3.05, 3.63) is 39.7 Å². The Kier molecular flexibility index (Phi) is 6.12. The molecular formula is C20H25N3O2S. The minimum absolute atomic E-state index is 0.0413. The third-order valence-corrected chi connectivity index (χ3v) is 5.94. The van der Waals surface area contributed by atoms with Gasteiger partial charge in [-0.1, -0.05) is 6.42 Å². The highest BCUT2D eigenvalue weighted by atomic mass is 32.1. The van der Waals surface area contributed by atoms with Crippen molar-refractivity contribution in [1.29, 1.82) is 5.26 Å². The number of amides is 1. The Balaban J connectivity index is 1.55. The molecule has 0 radical (unpaired) electrons. The van der Waals surface area contributed by atoms with E-state index in [1.165, 1.54) is 17.7 Å². The SMILES string of the molecule is Cc1ccc(CN(C)CCC(=O)Nc2sc3c(c2C#N)CCCCC3)o1. The number of fused-ring (bicyclic) bond motifs is 1. The van der Waals surface area contributed by atoms with Crippen molar-refractivity contribution in [2.75, 3.05) is 18.9 Å². The summed E-state index contributed by atoms with van der Waals surface area (Å²) in [7, 11) is 1.97. The quantitative estimate of drug-likeness (QED) is 0.771. The average molecular weight is 372 g/mol. The first-order valence-electron chi connectivity index (χ1n) is 9.15. The molecule has 3 rings (SSSR count). The maximum Gasteiger partial charge on any atom is 0.226 e. The fraction of sp³-hybridized carbons (Fsp3) is 0.500. The van der Waals surface area contributed by atoms with E-state index in [0.717, 1.165) is 41.3 Å². The highest BCUT2D eigenvalue weighted by Gasteiger charge is 2.21. The van der Waals surface area contributed by atoms with Crippen molar-refractivity contribution in [3.8, 4) is 6.07 Å². The van der Waals surface area contributed by atoms with E-state index < -0.39 is 0 Å². The van der Waals surface area contributed by atoms with Crippen LogP contribution in [0.15, 0.2) is 16.5 Å². The number of furan rings is 1. The Hall–Kier alpha value is -2.10. The monoisotopic (exact) mass is 371 g/mol. The van der Waals surface area contributed by atoms with E-state index in [0.29, 0.717) is 25.1 Å². The molecule has 5 nitrogen and oxygen atoms in total. The van der Waals surface area contributed by atoms with Gasteiger partial charge >= 0.3 is 0 Å². The van der Waals surface area contributed by atoms with Gasteiger partial charge in [0.2, 0.25) is 5.91 Å². The van der Waals surface area contributed by atoms with Gasteiger partial charge in [-0.05, 0) is 57.4 Å². The summed E-state index contributed by atoms with van der Waals surface area (Å²) in [4.78, 5) is 15.7. The van der Waals surface area contributed by atoms with Crippen molar-refractivity contribution in [2.45, 2.75) is 52.0 Å². The Morgan fingerprint density at radius 1 is 1.35 bits per heavy atom. The molecule has 1 aliphatic carbocycles. The minimum atomic E-state index is -0.0413. The number of anilines is 1. The Morgan fingerprint density at radius 2 is 2.15 bits per heavy atom. The zero-order valence-corrected chi connectivity index (χ0v) is 16.2. The van der Waals surface area contributed by atoms with E-state index in [2.05, 4.69) is 16.3 Å². The predicted octanol–water partition coefficient (Wildman–Crippen LogP) is 4.25. The molecule has 2 aromatic rings. The summed E-state index contributed by atoms with van der Waals surface area (Å²) in [6, 6.07) is 6.22. The summed E-state index contributed by atoms with van der Waals surface area (Å²) in [6.45, 7) is 3.24. The van der Waals surface area contributed by atoms with Crippen molar-refractivity contribution in [2.24, 2.45) is 0 Å². The molecular weight excluding hydrogens is 346 g/mol. The van der Waals surface area contributed by atoms with Gasteiger partial charge in [-0.15, -0.1) is 11.3 Å². The Morgan fingerprint density at radius 3 is 2.88 bits per heavy atom. The van der Waals surface area contributed by atoms with Crippen LogP contribution < -0.4 is 5.32 Å². The van der Waals surface area contributed by atoms with Gasteiger partial charge in [0, 0.05) is 17.8 Å². The first-order chi connectivity index (χ1) is 12.6. The number of hydrogen-bond acceptors (Lipinski definition) is 5. The maximum absolute atomic E-state index is 12.4. The summed E-state index contributed by atoms with van der Waals surface area (Å²) in [5.74, 6) is 1.76. The fourth-order valence-corrected chi connectivity index (χ4v) is 4.60. The molecule has 1 N–H and O–H groups in total. The first kappa shape index (κ1) is 18.7. The van der Waals surface area contributed by atoms with Gasteiger partial charge in [-0.25, -0.2) is 0 Å². The number of aryl methyl sites for hydroxylation is 2. The lowest BCUT2D eigenvalue weighted by Gasteiger charge is -2.14. The lowest BCUT2D eigenvalue weighted by molar-refractivity contribution is -0.116. The zero-order chi connectivity index (χ0) is 18.5. The lowest BCUT2D eigenvalue weighted by atomic mass is 10.1. The molecule has 2 aromatic heterocycles. The molecule has 0 aromatic carbocycles. The second-order valence-corrected chi connectivity index (χ2v) is 8.03. The van der Waals surface area contributed by atoms with E-state index in [1.807, 2.05) is 26.1 Å². The first-order valence-corrected chi connectivity index (χ1v) is 9.97. The number of nitrogens with zero attached hydrogens (tertiary/aromatic N) is 2. The molecule has 0 unspecified atom stereocenters. The van der Waals surface area contributed by atoms with Gasteiger partial charge in [0.15, 0.2) is 0 Å². The fourth-order valence-electron chi connectivity index (χ4n) is 3.35. The molecule has 138 valence electrons. The third-order valence-electron chi connectivity index (χ3n) is 4.73. The maximum atomic E-state index is 12.4. The number of thiophene rings is 1.